The monoisotopic (exact) mass is 194 g/mol. The van der Waals surface area contributed by atoms with Crippen LogP contribution in [0.5, 0.6) is 5.75 Å². The first-order chi connectivity index (χ1) is 6.70. The topological polar surface area (TPSA) is 49.7 Å². The van der Waals surface area contributed by atoms with Gasteiger partial charge in [-0.2, -0.15) is 0 Å². The molecule has 0 aliphatic rings. The molecule has 0 aliphatic heterocycles. The highest BCUT2D eigenvalue weighted by molar-refractivity contribution is 6.59. The van der Waals surface area contributed by atoms with Gasteiger partial charge in [0.1, 0.15) is 5.75 Å². The lowest BCUT2D eigenvalue weighted by molar-refractivity contribution is 0.336. The van der Waals surface area contributed by atoms with Gasteiger partial charge in [0.25, 0.3) is 0 Å². The van der Waals surface area contributed by atoms with Crippen LogP contribution < -0.4 is 10.2 Å². The molecular formula is C10H15BO3. The SMILES string of the molecule is CCOc1c(CC)cccc1B(O)O. The van der Waals surface area contributed by atoms with Crippen molar-refractivity contribution in [1.82, 2.24) is 0 Å². The van der Waals surface area contributed by atoms with E-state index in [4.69, 9.17) is 14.8 Å². The van der Waals surface area contributed by atoms with E-state index in [1.807, 2.05) is 19.9 Å². The Labute approximate surface area is 84.5 Å². The van der Waals surface area contributed by atoms with E-state index in [0.717, 1.165) is 12.0 Å². The lowest BCUT2D eigenvalue weighted by Crippen LogP contribution is -2.32. The van der Waals surface area contributed by atoms with Crippen LogP contribution in [0.15, 0.2) is 18.2 Å². The predicted molar refractivity (Wildman–Crippen MR) is 56.8 cm³/mol. The summed E-state index contributed by atoms with van der Waals surface area (Å²) in [5.41, 5.74) is 1.43. The van der Waals surface area contributed by atoms with Gasteiger partial charge in [-0.15, -0.1) is 0 Å². The van der Waals surface area contributed by atoms with Gasteiger partial charge in [0, 0.05) is 5.46 Å². The van der Waals surface area contributed by atoms with Crippen LogP contribution in [0.25, 0.3) is 0 Å². The number of rotatable bonds is 4. The van der Waals surface area contributed by atoms with Crippen molar-refractivity contribution in [3.63, 3.8) is 0 Å². The Bertz CT molecular complexity index is 299. The zero-order valence-corrected chi connectivity index (χ0v) is 8.53. The molecule has 1 aromatic rings. The van der Waals surface area contributed by atoms with Crippen molar-refractivity contribution in [3.05, 3.63) is 23.8 Å². The second-order valence-electron chi connectivity index (χ2n) is 3.00. The molecule has 14 heavy (non-hydrogen) atoms. The number of ether oxygens (including phenoxy) is 1. The summed E-state index contributed by atoms with van der Waals surface area (Å²) in [7, 11) is -1.47. The van der Waals surface area contributed by atoms with Gasteiger partial charge in [-0.25, -0.2) is 0 Å². The Kier molecular flexibility index (Phi) is 3.98. The molecule has 0 amide bonds. The Morgan fingerprint density at radius 2 is 2.00 bits per heavy atom. The largest absolute Gasteiger partial charge is 0.494 e. The van der Waals surface area contributed by atoms with Gasteiger partial charge in [0.05, 0.1) is 6.61 Å². The molecule has 0 radical (unpaired) electrons. The minimum Gasteiger partial charge on any atom is -0.494 e. The average molecular weight is 194 g/mol. The number of benzene rings is 1. The minimum atomic E-state index is -1.47. The van der Waals surface area contributed by atoms with Crippen LogP contribution in [0.1, 0.15) is 19.4 Å². The van der Waals surface area contributed by atoms with E-state index in [1.165, 1.54) is 0 Å². The molecule has 0 saturated carbocycles. The highest BCUT2D eigenvalue weighted by Gasteiger charge is 2.18. The molecule has 0 atom stereocenters. The van der Waals surface area contributed by atoms with E-state index in [2.05, 4.69) is 0 Å². The summed E-state index contributed by atoms with van der Waals surface area (Å²) in [5.74, 6) is 0.604. The Morgan fingerprint density at radius 3 is 2.50 bits per heavy atom. The summed E-state index contributed by atoms with van der Waals surface area (Å²) >= 11 is 0. The maximum absolute atomic E-state index is 9.13. The minimum absolute atomic E-state index is 0.436. The lowest BCUT2D eigenvalue weighted by atomic mass is 9.78. The van der Waals surface area contributed by atoms with Crippen molar-refractivity contribution in [1.29, 1.82) is 0 Å². The fourth-order valence-corrected chi connectivity index (χ4v) is 1.41. The van der Waals surface area contributed by atoms with Gasteiger partial charge in [0.15, 0.2) is 0 Å². The average Bonchev–Trinajstić information content (AvgIpc) is 2.18. The van der Waals surface area contributed by atoms with Crippen LogP contribution in [0.4, 0.5) is 0 Å². The van der Waals surface area contributed by atoms with Gasteiger partial charge < -0.3 is 14.8 Å². The van der Waals surface area contributed by atoms with Crippen molar-refractivity contribution >= 4 is 12.6 Å². The van der Waals surface area contributed by atoms with Crippen molar-refractivity contribution in [2.75, 3.05) is 6.61 Å². The summed E-state index contributed by atoms with van der Waals surface area (Å²) in [6.07, 6.45) is 0.815. The Balaban J connectivity index is 3.13. The maximum atomic E-state index is 9.13. The predicted octanol–water partition coefficient (Wildman–Crippen LogP) is 0.327. The summed E-state index contributed by atoms with van der Waals surface area (Å²) in [6, 6.07) is 5.39. The highest BCUT2D eigenvalue weighted by atomic mass is 16.5. The third-order valence-corrected chi connectivity index (χ3v) is 2.07. The van der Waals surface area contributed by atoms with Gasteiger partial charge >= 0.3 is 7.12 Å². The zero-order chi connectivity index (χ0) is 10.6. The van der Waals surface area contributed by atoms with Gasteiger partial charge in [0.2, 0.25) is 0 Å². The van der Waals surface area contributed by atoms with Gasteiger partial charge in [-0.05, 0) is 18.9 Å². The first-order valence-electron chi connectivity index (χ1n) is 4.81. The standard InChI is InChI=1S/C10H15BO3/c1-3-8-6-5-7-9(11(12)13)10(8)14-4-2/h5-7,12-13H,3-4H2,1-2H3. The second kappa shape index (κ2) is 5.03. The van der Waals surface area contributed by atoms with Crippen molar-refractivity contribution in [2.45, 2.75) is 20.3 Å². The van der Waals surface area contributed by atoms with Gasteiger partial charge in [-0.1, -0.05) is 25.1 Å². The van der Waals surface area contributed by atoms with Crippen LogP contribution in [-0.4, -0.2) is 23.8 Å². The molecule has 0 heterocycles. The van der Waals surface area contributed by atoms with Crippen molar-refractivity contribution in [2.24, 2.45) is 0 Å². The Morgan fingerprint density at radius 1 is 1.29 bits per heavy atom. The third kappa shape index (κ3) is 2.27. The first-order valence-corrected chi connectivity index (χ1v) is 4.81. The molecule has 1 aromatic carbocycles. The quantitative estimate of drug-likeness (QED) is 0.679. The maximum Gasteiger partial charge on any atom is 0.492 e. The third-order valence-electron chi connectivity index (χ3n) is 2.07. The molecule has 0 unspecified atom stereocenters. The Hall–Kier alpha value is -0.995. The summed E-state index contributed by atoms with van der Waals surface area (Å²) in [5, 5.41) is 18.3. The van der Waals surface area contributed by atoms with Crippen LogP contribution in [0.3, 0.4) is 0 Å². The molecular weight excluding hydrogens is 179 g/mol. The van der Waals surface area contributed by atoms with E-state index < -0.39 is 7.12 Å². The van der Waals surface area contributed by atoms with Crippen LogP contribution in [0.2, 0.25) is 0 Å². The molecule has 76 valence electrons. The number of hydrogen-bond acceptors (Lipinski definition) is 3. The smallest absolute Gasteiger partial charge is 0.492 e. The van der Waals surface area contributed by atoms with Crippen molar-refractivity contribution < 1.29 is 14.8 Å². The number of aryl methyl sites for hydroxylation is 1. The molecule has 0 bridgehead atoms. The molecule has 0 fully saturated rings. The van der Waals surface area contributed by atoms with Crippen LogP contribution in [-0.2, 0) is 6.42 Å². The van der Waals surface area contributed by atoms with E-state index in [1.54, 1.807) is 12.1 Å². The molecule has 0 aromatic heterocycles. The fourth-order valence-electron chi connectivity index (χ4n) is 1.41. The second-order valence-corrected chi connectivity index (χ2v) is 3.00. The molecule has 0 spiro atoms. The summed E-state index contributed by atoms with van der Waals surface area (Å²) < 4.78 is 5.40. The van der Waals surface area contributed by atoms with E-state index in [9.17, 15) is 0 Å². The van der Waals surface area contributed by atoms with E-state index in [0.29, 0.717) is 17.8 Å². The molecule has 1 rings (SSSR count). The van der Waals surface area contributed by atoms with Gasteiger partial charge in [-0.3, -0.25) is 0 Å². The van der Waals surface area contributed by atoms with Crippen molar-refractivity contribution in [3.8, 4) is 5.75 Å². The summed E-state index contributed by atoms with van der Waals surface area (Å²) in [6.45, 7) is 4.40. The summed E-state index contributed by atoms with van der Waals surface area (Å²) in [4.78, 5) is 0. The highest BCUT2D eigenvalue weighted by Crippen LogP contribution is 2.16. The fraction of sp³-hybridized carbons (Fsp3) is 0.400. The van der Waals surface area contributed by atoms with Crippen LogP contribution in [0, 0.1) is 0 Å². The first kappa shape index (κ1) is 11.1. The molecule has 2 N–H and O–H groups in total. The molecule has 0 saturated heterocycles. The molecule has 0 aliphatic carbocycles. The van der Waals surface area contributed by atoms with E-state index >= 15 is 0 Å². The lowest BCUT2D eigenvalue weighted by Gasteiger charge is -2.13. The number of hydrogen-bond donors (Lipinski definition) is 2. The molecule has 4 heteroatoms. The van der Waals surface area contributed by atoms with E-state index in [-0.39, 0.29) is 0 Å². The normalized spacial score (nSPS) is 10.0. The number of para-hydroxylation sites is 1. The molecule has 3 nitrogen and oxygen atoms in total. The zero-order valence-electron chi connectivity index (χ0n) is 8.53. The van der Waals surface area contributed by atoms with Crippen LogP contribution >= 0.6 is 0 Å².